The fourth-order valence-electron chi connectivity index (χ4n) is 2.89. The molecule has 3 aromatic rings. The van der Waals surface area contributed by atoms with Crippen LogP contribution in [0, 0.1) is 0 Å². The van der Waals surface area contributed by atoms with Gasteiger partial charge in [-0.25, -0.2) is 9.78 Å². The molecule has 1 aliphatic heterocycles. The van der Waals surface area contributed by atoms with Gasteiger partial charge >= 0.3 is 12.2 Å². The van der Waals surface area contributed by atoms with Crippen molar-refractivity contribution in [2.75, 3.05) is 7.11 Å². The number of hydrogen-bond donors (Lipinski definition) is 1. The topological polar surface area (TPSA) is 78.3 Å². The summed E-state index contributed by atoms with van der Waals surface area (Å²) in [6.45, 7) is -0.142. The Morgan fingerprint density at radius 3 is 2.39 bits per heavy atom. The number of hydrogen-bond acceptors (Lipinski definition) is 6. The van der Waals surface area contributed by atoms with Gasteiger partial charge < -0.3 is 14.8 Å². The minimum atomic E-state index is -4.82. The standard InChI is InChI=1S/C19H14ClF3N4O3S/c1-29-13-6-2-11(3-7-13)18(19(21,22)23)25-16(28)27-17(31-18)24-15(26-27)10-30-14-8-4-12(20)5-9-14/h2-9H,10H2,1H3,(H,25,28)/t18-/m0/s1. The van der Waals surface area contributed by atoms with E-state index in [2.05, 4.69) is 10.1 Å². The van der Waals surface area contributed by atoms with E-state index in [0.717, 1.165) is 4.68 Å². The van der Waals surface area contributed by atoms with E-state index >= 15 is 0 Å². The summed E-state index contributed by atoms with van der Waals surface area (Å²) in [5.41, 5.74) is -0.174. The molecule has 0 saturated carbocycles. The summed E-state index contributed by atoms with van der Waals surface area (Å²) in [6.07, 6.45) is -4.82. The molecule has 0 radical (unpaired) electrons. The molecule has 0 spiro atoms. The van der Waals surface area contributed by atoms with Crippen LogP contribution in [-0.2, 0) is 11.5 Å². The summed E-state index contributed by atoms with van der Waals surface area (Å²) in [6, 6.07) is 10.7. The van der Waals surface area contributed by atoms with Crippen LogP contribution in [-0.4, -0.2) is 34.1 Å². The Bertz CT molecular complexity index is 1110. The molecule has 2 aromatic carbocycles. The van der Waals surface area contributed by atoms with E-state index in [9.17, 15) is 18.0 Å². The number of aromatic nitrogens is 3. The Labute approximate surface area is 183 Å². The van der Waals surface area contributed by atoms with Crippen molar-refractivity contribution < 1.29 is 27.4 Å². The first-order chi connectivity index (χ1) is 14.7. The lowest BCUT2D eigenvalue weighted by Gasteiger charge is -2.37. The molecular weight excluding hydrogens is 457 g/mol. The molecule has 0 bridgehead atoms. The Balaban J connectivity index is 1.63. The second-order valence-electron chi connectivity index (χ2n) is 6.40. The molecule has 2 heterocycles. The number of benzene rings is 2. The zero-order valence-corrected chi connectivity index (χ0v) is 17.4. The number of nitrogens with zero attached hydrogens (tertiary/aromatic N) is 3. The molecular formula is C19H14ClF3N4O3S. The monoisotopic (exact) mass is 470 g/mol. The Morgan fingerprint density at radius 2 is 1.77 bits per heavy atom. The van der Waals surface area contributed by atoms with Crippen LogP contribution < -0.4 is 14.8 Å². The number of methoxy groups -OCH3 is 1. The molecule has 1 N–H and O–H groups in total. The minimum Gasteiger partial charge on any atom is -0.497 e. The van der Waals surface area contributed by atoms with Gasteiger partial charge in [0, 0.05) is 5.02 Å². The average molecular weight is 471 g/mol. The quantitative estimate of drug-likeness (QED) is 0.587. The van der Waals surface area contributed by atoms with E-state index in [-0.39, 0.29) is 23.2 Å². The molecule has 7 nitrogen and oxygen atoms in total. The maximum atomic E-state index is 14.2. The third kappa shape index (κ3) is 4.02. The largest absolute Gasteiger partial charge is 0.497 e. The maximum Gasteiger partial charge on any atom is 0.425 e. The number of carbonyl (C=O) groups is 1. The molecule has 0 saturated heterocycles. The molecule has 31 heavy (non-hydrogen) atoms. The highest BCUT2D eigenvalue weighted by molar-refractivity contribution is 8.00. The van der Waals surface area contributed by atoms with Crippen LogP contribution in [0.25, 0.3) is 0 Å². The molecule has 0 aliphatic carbocycles. The van der Waals surface area contributed by atoms with Gasteiger partial charge in [0.25, 0.3) is 0 Å². The van der Waals surface area contributed by atoms with E-state index in [4.69, 9.17) is 21.1 Å². The number of thioether (sulfide) groups is 1. The van der Waals surface area contributed by atoms with E-state index in [1.165, 1.54) is 31.4 Å². The van der Waals surface area contributed by atoms with Crippen LogP contribution in [0.4, 0.5) is 18.0 Å². The van der Waals surface area contributed by atoms with Crippen LogP contribution in [0.2, 0.25) is 5.02 Å². The summed E-state index contributed by atoms with van der Waals surface area (Å²) in [5, 5.41) is 6.33. The highest BCUT2D eigenvalue weighted by atomic mass is 35.5. The highest BCUT2D eigenvalue weighted by Crippen LogP contribution is 2.51. The third-order valence-corrected chi connectivity index (χ3v) is 5.99. The number of rotatable bonds is 5. The summed E-state index contributed by atoms with van der Waals surface area (Å²) in [7, 11) is 1.40. The molecule has 1 atom stereocenters. The Kier molecular flexibility index (Phi) is 5.48. The van der Waals surface area contributed by atoms with Gasteiger partial charge in [-0.1, -0.05) is 23.7 Å². The summed E-state index contributed by atoms with van der Waals surface area (Å²) < 4.78 is 53.9. The molecule has 4 rings (SSSR count). The normalized spacial score (nSPS) is 18.3. The number of alkyl halides is 3. The molecule has 1 aliphatic rings. The van der Waals surface area contributed by atoms with Gasteiger partial charge in [0.2, 0.25) is 4.87 Å². The maximum absolute atomic E-state index is 14.2. The Hall–Kier alpha value is -2.92. The van der Waals surface area contributed by atoms with Crippen molar-refractivity contribution >= 4 is 29.4 Å². The van der Waals surface area contributed by atoms with E-state index in [1.807, 2.05) is 5.32 Å². The first-order valence-corrected chi connectivity index (χ1v) is 9.98. The zero-order chi connectivity index (χ0) is 22.2. The lowest BCUT2D eigenvalue weighted by Crippen LogP contribution is -2.57. The van der Waals surface area contributed by atoms with Crippen molar-refractivity contribution in [3.63, 3.8) is 0 Å². The van der Waals surface area contributed by atoms with Gasteiger partial charge in [0.15, 0.2) is 11.0 Å². The van der Waals surface area contributed by atoms with Crippen molar-refractivity contribution in [1.29, 1.82) is 0 Å². The summed E-state index contributed by atoms with van der Waals surface area (Å²) in [4.78, 5) is 13.9. The van der Waals surface area contributed by atoms with E-state index in [0.29, 0.717) is 28.3 Å². The van der Waals surface area contributed by atoms with Crippen molar-refractivity contribution in [1.82, 2.24) is 20.1 Å². The molecule has 1 aromatic heterocycles. The second-order valence-corrected chi connectivity index (χ2v) is 8.02. The van der Waals surface area contributed by atoms with Gasteiger partial charge in [0.05, 0.1) is 7.11 Å². The average Bonchev–Trinajstić information content (AvgIpc) is 3.16. The first-order valence-electron chi connectivity index (χ1n) is 8.79. The molecule has 12 heteroatoms. The van der Waals surface area contributed by atoms with Crippen molar-refractivity contribution in [3.05, 3.63) is 64.9 Å². The molecule has 0 unspecified atom stereocenters. The predicted molar refractivity (Wildman–Crippen MR) is 106 cm³/mol. The molecule has 0 fully saturated rings. The molecule has 162 valence electrons. The van der Waals surface area contributed by atoms with Gasteiger partial charge in [0.1, 0.15) is 18.1 Å². The van der Waals surface area contributed by atoms with Crippen molar-refractivity contribution in [2.24, 2.45) is 0 Å². The highest BCUT2D eigenvalue weighted by Gasteiger charge is 2.61. The molecule has 1 amide bonds. The number of carbonyl (C=O) groups excluding carboxylic acids is 1. The number of ether oxygens (including phenoxy) is 2. The summed E-state index contributed by atoms with van der Waals surface area (Å²) >= 11 is 6.16. The third-order valence-electron chi connectivity index (χ3n) is 4.42. The Morgan fingerprint density at radius 1 is 1.13 bits per heavy atom. The fourth-order valence-corrected chi connectivity index (χ4v) is 4.16. The van der Waals surface area contributed by atoms with Crippen LogP contribution in [0.3, 0.4) is 0 Å². The number of halogens is 4. The number of amides is 1. The van der Waals surface area contributed by atoms with Crippen LogP contribution in [0.1, 0.15) is 11.4 Å². The second kappa shape index (κ2) is 7.97. The first kappa shape index (κ1) is 21.3. The number of nitrogens with one attached hydrogen (secondary N) is 1. The minimum absolute atomic E-state index is 0.0558. The summed E-state index contributed by atoms with van der Waals surface area (Å²) in [5.74, 6) is 0.912. The van der Waals surface area contributed by atoms with Crippen molar-refractivity contribution in [2.45, 2.75) is 22.8 Å². The van der Waals surface area contributed by atoms with Gasteiger partial charge in [-0.15, -0.1) is 5.10 Å². The fraction of sp³-hybridized carbons (Fsp3) is 0.211. The lowest BCUT2D eigenvalue weighted by atomic mass is 10.1. The van der Waals surface area contributed by atoms with Gasteiger partial charge in [-0.3, -0.25) is 0 Å². The van der Waals surface area contributed by atoms with Gasteiger partial charge in [-0.05, 0) is 53.7 Å². The smallest absolute Gasteiger partial charge is 0.425 e. The number of fused-ring (bicyclic) bond motifs is 1. The van der Waals surface area contributed by atoms with Crippen LogP contribution in [0.15, 0.2) is 53.7 Å². The predicted octanol–water partition coefficient (Wildman–Crippen LogP) is 4.60. The van der Waals surface area contributed by atoms with E-state index < -0.39 is 17.1 Å². The SMILES string of the molecule is COc1ccc([C@]2(C(F)(F)F)NC(=O)n3nc(COc4ccc(Cl)cc4)nc3S2)cc1. The van der Waals surface area contributed by atoms with Crippen molar-refractivity contribution in [3.8, 4) is 11.5 Å². The zero-order valence-electron chi connectivity index (χ0n) is 15.8. The van der Waals surface area contributed by atoms with E-state index in [1.54, 1.807) is 24.3 Å². The van der Waals surface area contributed by atoms with Crippen LogP contribution >= 0.6 is 23.4 Å². The van der Waals surface area contributed by atoms with Gasteiger partial charge in [-0.2, -0.15) is 17.9 Å². The lowest BCUT2D eigenvalue weighted by molar-refractivity contribution is -0.168. The van der Waals surface area contributed by atoms with Crippen LogP contribution in [0.5, 0.6) is 11.5 Å².